The molecule has 1 N–H and O–H groups in total. The van der Waals surface area contributed by atoms with Crippen LogP contribution in [0, 0.1) is 11.2 Å². The number of nitrogens with zero attached hydrogens (tertiary/aromatic N) is 1. The van der Waals surface area contributed by atoms with Gasteiger partial charge in [0.15, 0.2) is 0 Å². The smallest absolute Gasteiger partial charge is 0.234 e. The highest BCUT2D eigenvalue weighted by Gasteiger charge is 2.41. The van der Waals surface area contributed by atoms with Gasteiger partial charge in [-0.3, -0.25) is 4.79 Å². The molecular formula is C16H23FN2O. The van der Waals surface area contributed by atoms with Crippen molar-refractivity contribution in [3.05, 3.63) is 30.1 Å². The summed E-state index contributed by atoms with van der Waals surface area (Å²) in [7, 11) is 0. The molecule has 1 aliphatic rings. The van der Waals surface area contributed by atoms with Crippen LogP contribution in [0.1, 0.15) is 33.1 Å². The maximum atomic E-state index is 14.0. The largest absolute Gasteiger partial charge is 0.316 e. The zero-order valence-electron chi connectivity index (χ0n) is 12.3. The molecule has 0 spiro atoms. The van der Waals surface area contributed by atoms with Gasteiger partial charge in [-0.25, -0.2) is 4.39 Å². The minimum Gasteiger partial charge on any atom is -0.316 e. The van der Waals surface area contributed by atoms with Crippen LogP contribution in [0.3, 0.4) is 0 Å². The Bertz CT molecular complexity index is 469. The van der Waals surface area contributed by atoms with Gasteiger partial charge in [0, 0.05) is 13.1 Å². The second-order valence-electron chi connectivity index (χ2n) is 5.42. The molecule has 1 unspecified atom stereocenters. The van der Waals surface area contributed by atoms with Gasteiger partial charge in [0.25, 0.3) is 0 Å². The molecule has 2 rings (SSSR count). The third-order valence-corrected chi connectivity index (χ3v) is 4.31. The Hall–Kier alpha value is -1.42. The van der Waals surface area contributed by atoms with E-state index < -0.39 is 5.41 Å². The van der Waals surface area contributed by atoms with Crippen LogP contribution < -0.4 is 10.2 Å². The van der Waals surface area contributed by atoms with Crippen LogP contribution in [-0.4, -0.2) is 25.5 Å². The number of para-hydroxylation sites is 1. The van der Waals surface area contributed by atoms with Crippen LogP contribution in [0.25, 0.3) is 0 Å². The molecule has 1 amide bonds. The van der Waals surface area contributed by atoms with E-state index in [2.05, 4.69) is 5.32 Å². The van der Waals surface area contributed by atoms with Crippen molar-refractivity contribution in [3.63, 3.8) is 0 Å². The van der Waals surface area contributed by atoms with Crippen LogP contribution in [0.15, 0.2) is 24.3 Å². The van der Waals surface area contributed by atoms with Crippen LogP contribution in [-0.2, 0) is 4.79 Å². The fourth-order valence-corrected chi connectivity index (χ4v) is 2.98. The molecule has 4 heteroatoms. The summed E-state index contributed by atoms with van der Waals surface area (Å²) in [5.74, 6) is -0.294. The van der Waals surface area contributed by atoms with Crippen molar-refractivity contribution in [2.75, 3.05) is 24.5 Å². The molecule has 0 aromatic heterocycles. The number of hydrogen-bond donors (Lipinski definition) is 1. The topological polar surface area (TPSA) is 32.3 Å². The minimum absolute atomic E-state index is 0.0415. The summed E-state index contributed by atoms with van der Waals surface area (Å²) in [5.41, 5.74) is -0.00491. The second kappa shape index (κ2) is 6.35. The van der Waals surface area contributed by atoms with Crippen molar-refractivity contribution in [3.8, 4) is 0 Å². The average molecular weight is 278 g/mol. The Morgan fingerprint density at radius 3 is 2.70 bits per heavy atom. The highest BCUT2D eigenvalue weighted by atomic mass is 19.1. The number of halogens is 1. The van der Waals surface area contributed by atoms with E-state index in [1.54, 1.807) is 23.1 Å². The maximum absolute atomic E-state index is 14.0. The molecule has 1 saturated heterocycles. The van der Waals surface area contributed by atoms with Gasteiger partial charge in [-0.2, -0.15) is 0 Å². The molecule has 1 aliphatic heterocycles. The van der Waals surface area contributed by atoms with Gasteiger partial charge in [0.1, 0.15) is 5.82 Å². The molecule has 1 heterocycles. The van der Waals surface area contributed by atoms with Crippen molar-refractivity contribution in [1.82, 2.24) is 5.32 Å². The SMILES string of the molecule is CCN(C(=O)C1(CC)CCCNC1)c1ccccc1F. The molecule has 0 bridgehead atoms. The monoisotopic (exact) mass is 278 g/mol. The Balaban J connectivity index is 2.31. The van der Waals surface area contributed by atoms with Crippen LogP contribution >= 0.6 is 0 Å². The first-order valence-corrected chi connectivity index (χ1v) is 7.42. The summed E-state index contributed by atoms with van der Waals surface area (Å²) in [6.45, 7) is 6.07. The first-order valence-electron chi connectivity index (χ1n) is 7.42. The fourth-order valence-electron chi connectivity index (χ4n) is 2.98. The molecule has 0 aliphatic carbocycles. The lowest BCUT2D eigenvalue weighted by atomic mass is 9.77. The zero-order chi connectivity index (χ0) is 14.6. The summed E-state index contributed by atoms with van der Waals surface area (Å²) in [5, 5.41) is 3.31. The molecule has 110 valence electrons. The molecular weight excluding hydrogens is 255 g/mol. The van der Waals surface area contributed by atoms with E-state index in [9.17, 15) is 9.18 Å². The van der Waals surface area contributed by atoms with E-state index in [-0.39, 0.29) is 11.7 Å². The second-order valence-corrected chi connectivity index (χ2v) is 5.42. The molecule has 1 fully saturated rings. The Morgan fingerprint density at radius 2 is 2.15 bits per heavy atom. The average Bonchev–Trinajstić information content (AvgIpc) is 2.50. The molecule has 0 saturated carbocycles. The number of rotatable bonds is 4. The number of nitrogens with one attached hydrogen (secondary N) is 1. The highest BCUT2D eigenvalue weighted by molar-refractivity contribution is 5.98. The lowest BCUT2D eigenvalue weighted by molar-refractivity contribution is -0.129. The van der Waals surface area contributed by atoms with Crippen molar-refractivity contribution < 1.29 is 9.18 Å². The standard InChI is InChI=1S/C16H23FN2O/c1-3-16(10-7-11-18-12-16)15(20)19(4-2)14-9-6-5-8-13(14)17/h5-6,8-9,18H,3-4,7,10-12H2,1-2H3. The van der Waals surface area contributed by atoms with E-state index in [1.165, 1.54) is 6.07 Å². The number of carbonyl (C=O) groups excluding carboxylic acids is 1. The summed E-state index contributed by atoms with van der Waals surface area (Å²) in [6, 6.07) is 6.50. The Morgan fingerprint density at radius 1 is 1.40 bits per heavy atom. The lowest BCUT2D eigenvalue weighted by Crippen LogP contribution is -2.52. The number of anilines is 1. The summed E-state index contributed by atoms with van der Waals surface area (Å²) in [6.07, 6.45) is 2.65. The molecule has 1 aromatic carbocycles. The van der Waals surface area contributed by atoms with E-state index >= 15 is 0 Å². The van der Waals surface area contributed by atoms with Crippen molar-refractivity contribution in [2.45, 2.75) is 33.1 Å². The summed E-state index contributed by atoms with van der Waals surface area (Å²) >= 11 is 0. The van der Waals surface area contributed by atoms with Gasteiger partial charge in [-0.05, 0) is 44.9 Å². The van der Waals surface area contributed by atoms with Crippen LogP contribution in [0.2, 0.25) is 0 Å². The van der Waals surface area contributed by atoms with Gasteiger partial charge >= 0.3 is 0 Å². The Labute approximate surface area is 120 Å². The summed E-state index contributed by atoms with van der Waals surface area (Å²) < 4.78 is 14.0. The number of benzene rings is 1. The number of amides is 1. The minimum atomic E-state index is -0.392. The fraction of sp³-hybridized carbons (Fsp3) is 0.562. The van der Waals surface area contributed by atoms with E-state index in [0.717, 1.165) is 25.8 Å². The maximum Gasteiger partial charge on any atom is 0.234 e. The van der Waals surface area contributed by atoms with Gasteiger partial charge in [-0.1, -0.05) is 19.1 Å². The lowest BCUT2D eigenvalue weighted by Gasteiger charge is -2.39. The molecule has 0 radical (unpaired) electrons. The Kier molecular flexibility index (Phi) is 4.76. The van der Waals surface area contributed by atoms with E-state index in [0.29, 0.717) is 18.8 Å². The van der Waals surface area contributed by atoms with Gasteiger partial charge < -0.3 is 10.2 Å². The first-order chi connectivity index (χ1) is 9.64. The predicted octanol–water partition coefficient (Wildman–Crippen LogP) is 2.96. The first kappa shape index (κ1) is 15.0. The van der Waals surface area contributed by atoms with E-state index in [4.69, 9.17) is 0 Å². The third-order valence-electron chi connectivity index (χ3n) is 4.31. The van der Waals surface area contributed by atoms with Gasteiger partial charge in [0.2, 0.25) is 5.91 Å². The third kappa shape index (κ3) is 2.70. The van der Waals surface area contributed by atoms with Crippen LogP contribution in [0.5, 0.6) is 0 Å². The van der Waals surface area contributed by atoms with Gasteiger partial charge in [0.05, 0.1) is 11.1 Å². The summed E-state index contributed by atoms with van der Waals surface area (Å²) in [4.78, 5) is 14.5. The van der Waals surface area contributed by atoms with Crippen molar-refractivity contribution in [2.24, 2.45) is 5.41 Å². The van der Waals surface area contributed by atoms with Crippen molar-refractivity contribution in [1.29, 1.82) is 0 Å². The molecule has 1 aromatic rings. The number of carbonyl (C=O) groups is 1. The highest BCUT2D eigenvalue weighted by Crippen LogP contribution is 2.34. The van der Waals surface area contributed by atoms with Gasteiger partial charge in [-0.15, -0.1) is 0 Å². The molecule has 20 heavy (non-hydrogen) atoms. The number of piperidine rings is 1. The quantitative estimate of drug-likeness (QED) is 0.918. The van der Waals surface area contributed by atoms with Crippen molar-refractivity contribution >= 4 is 11.6 Å². The molecule has 1 atom stereocenters. The van der Waals surface area contributed by atoms with E-state index in [1.807, 2.05) is 13.8 Å². The molecule has 3 nitrogen and oxygen atoms in total. The zero-order valence-corrected chi connectivity index (χ0v) is 12.3. The van der Waals surface area contributed by atoms with Crippen LogP contribution in [0.4, 0.5) is 10.1 Å². The predicted molar refractivity (Wildman–Crippen MR) is 79.3 cm³/mol. The number of hydrogen-bond acceptors (Lipinski definition) is 2. The normalized spacial score (nSPS) is 22.6.